The second kappa shape index (κ2) is 6.38. The average Bonchev–Trinajstić information content (AvgIpc) is 2.81. The van der Waals surface area contributed by atoms with Crippen LogP contribution in [-0.2, 0) is 16.0 Å². The summed E-state index contributed by atoms with van der Waals surface area (Å²) in [6.45, 7) is 2.01. The van der Waals surface area contributed by atoms with Gasteiger partial charge in [0, 0.05) is 23.3 Å². The lowest BCUT2D eigenvalue weighted by molar-refractivity contribution is -0.142. The van der Waals surface area contributed by atoms with E-state index in [9.17, 15) is 13.6 Å². The third kappa shape index (κ3) is 3.70. The van der Waals surface area contributed by atoms with Crippen LogP contribution in [0.1, 0.15) is 12.7 Å². The monoisotopic (exact) mass is 299 g/mol. The molecule has 0 radical (unpaired) electrons. The van der Waals surface area contributed by atoms with E-state index >= 15 is 0 Å². The number of hydrogen-bond donors (Lipinski definition) is 1. The Kier molecular flexibility index (Phi) is 4.57. The van der Waals surface area contributed by atoms with Gasteiger partial charge in [0.2, 0.25) is 5.13 Å². The third-order valence-electron chi connectivity index (χ3n) is 2.25. The van der Waals surface area contributed by atoms with E-state index in [1.165, 1.54) is 6.07 Å². The van der Waals surface area contributed by atoms with Crippen molar-refractivity contribution >= 4 is 28.3 Å². The van der Waals surface area contributed by atoms with E-state index in [0.717, 1.165) is 23.7 Å². The van der Waals surface area contributed by atoms with Crippen LogP contribution in [0.2, 0.25) is 0 Å². The zero-order valence-electron chi connectivity index (χ0n) is 10.5. The fraction of sp³-hybridized carbons (Fsp3) is 0.250. The number of benzene rings is 1. The number of halogens is 2. The summed E-state index contributed by atoms with van der Waals surface area (Å²) < 4.78 is 34.6. The van der Waals surface area contributed by atoms with Gasteiger partial charge in [-0.25, -0.2) is 13.8 Å². The molecule has 0 aliphatic carbocycles. The molecule has 2 aromatic rings. The Labute approximate surface area is 117 Å². The summed E-state index contributed by atoms with van der Waals surface area (Å²) in [5.41, 5.74) is 0.350. The highest BCUT2D eigenvalue weighted by Crippen LogP contribution is 2.20. The molecule has 0 unspecified atom stereocenters. The highest BCUT2D eigenvalue weighted by molar-refractivity contribution is 7.09. The largest absolute Gasteiger partial charge is 0.466 e. The van der Waals surface area contributed by atoms with Crippen LogP contribution in [0.4, 0.5) is 19.6 Å². The lowest BCUT2D eigenvalue weighted by Crippen LogP contribution is -2.08. The first kappa shape index (κ1) is 14.3. The molecule has 2 rings (SSSR count). The summed E-state index contributed by atoms with van der Waals surface area (Å²) in [4.78, 5) is 15.3. The molecule has 5 nitrogen and oxygen atoms in total. The summed E-state index contributed by atoms with van der Waals surface area (Å²) in [5.74, 6) is -1.97. The van der Waals surface area contributed by atoms with Gasteiger partial charge in [0.15, 0.2) is 17.5 Å². The molecule has 20 heavy (non-hydrogen) atoms. The van der Waals surface area contributed by atoms with Gasteiger partial charge < -0.3 is 10.1 Å². The number of hydrogen-bond acceptors (Lipinski definition) is 6. The summed E-state index contributed by atoms with van der Waals surface area (Å²) >= 11 is 1.02. The molecule has 1 aromatic carbocycles. The van der Waals surface area contributed by atoms with Crippen molar-refractivity contribution in [1.82, 2.24) is 9.36 Å². The molecule has 0 aliphatic rings. The number of carbonyl (C=O) groups excluding carboxylic acids is 1. The van der Waals surface area contributed by atoms with E-state index in [0.29, 0.717) is 23.3 Å². The molecular formula is C12H11F2N3O2S. The number of carbonyl (C=O) groups is 1. The van der Waals surface area contributed by atoms with Gasteiger partial charge >= 0.3 is 5.97 Å². The molecule has 0 atom stereocenters. The van der Waals surface area contributed by atoms with E-state index in [2.05, 4.69) is 14.7 Å². The molecule has 1 aromatic heterocycles. The van der Waals surface area contributed by atoms with Crippen LogP contribution in [0, 0.1) is 11.6 Å². The standard InChI is InChI=1S/C12H11F2N3O2S/c1-2-19-11(18)6-10-16-12(20-17-10)15-7-3-4-8(13)9(14)5-7/h3-5H,2,6H2,1H3,(H,15,16,17). The average molecular weight is 299 g/mol. The van der Waals surface area contributed by atoms with E-state index in [1.807, 2.05) is 0 Å². The maximum atomic E-state index is 13.0. The molecular weight excluding hydrogens is 288 g/mol. The SMILES string of the molecule is CCOC(=O)Cc1nsc(Nc2ccc(F)c(F)c2)n1. The maximum Gasteiger partial charge on any atom is 0.313 e. The predicted molar refractivity (Wildman–Crippen MR) is 69.9 cm³/mol. The van der Waals surface area contributed by atoms with Gasteiger partial charge in [0.1, 0.15) is 6.42 Å². The van der Waals surface area contributed by atoms with Gasteiger partial charge in [-0.3, -0.25) is 4.79 Å². The summed E-state index contributed by atoms with van der Waals surface area (Å²) in [7, 11) is 0. The zero-order valence-corrected chi connectivity index (χ0v) is 11.3. The highest BCUT2D eigenvalue weighted by atomic mass is 32.1. The topological polar surface area (TPSA) is 64.1 Å². The molecule has 0 saturated heterocycles. The van der Waals surface area contributed by atoms with Crippen LogP contribution in [0.5, 0.6) is 0 Å². The minimum absolute atomic E-state index is 0.0240. The molecule has 0 aliphatic heterocycles. The van der Waals surface area contributed by atoms with E-state index in [-0.39, 0.29) is 6.42 Å². The minimum atomic E-state index is -0.953. The van der Waals surface area contributed by atoms with Crippen molar-refractivity contribution < 1.29 is 18.3 Å². The Bertz CT molecular complexity index is 618. The van der Waals surface area contributed by atoms with Crippen molar-refractivity contribution in [1.29, 1.82) is 0 Å². The first-order valence-corrected chi connectivity index (χ1v) is 6.56. The minimum Gasteiger partial charge on any atom is -0.466 e. The number of esters is 1. The van der Waals surface area contributed by atoms with Crippen LogP contribution < -0.4 is 5.32 Å². The Morgan fingerprint density at radius 1 is 1.40 bits per heavy atom. The van der Waals surface area contributed by atoms with Crippen molar-refractivity contribution in [3.63, 3.8) is 0 Å². The van der Waals surface area contributed by atoms with Crippen molar-refractivity contribution in [2.75, 3.05) is 11.9 Å². The van der Waals surface area contributed by atoms with Crippen molar-refractivity contribution in [3.8, 4) is 0 Å². The Morgan fingerprint density at radius 3 is 2.90 bits per heavy atom. The molecule has 1 heterocycles. The first-order valence-electron chi connectivity index (χ1n) is 5.78. The van der Waals surface area contributed by atoms with Gasteiger partial charge in [-0.05, 0) is 19.1 Å². The van der Waals surface area contributed by atoms with Gasteiger partial charge in [-0.2, -0.15) is 4.37 Å². The summed E-state index contributed by atoms with van der Waals surface area (Å²) in [5, 5.41) is 3.17. The molecule has 0 amide bonds. The second-order valence-electron chi connectivity index (χ2n) is 3.75. The fourth-order valence-corrected chi connectivity index (χ4v) is 2.02. The quantitative estimate of drug-likeness (QED) is 0.860. The van der Waals surface area contributed by atoms with Crippen molar-refractivity contribution in [2.45, 2.75) is 13.3 Å². The number of nitrogens with zero attached hydrogens (tertiary/aromatic N) is 2. The van der Waals surface area contributed by atoms with E-state index < -0.39 is 17.6 Å². The zero-order chi connectivity index (χ0) is 14.5. The smallest absolute Gasteiger partial charge is 0.313 e. The van der Waals surface area contributed by atoms with Crippen molar-refractivity contribution in [2.24, 2.45) is 0 Å². The van der Waals surface area contributed by atoms with Gasteiger partial charge in [0.05, 0.1) is 6.61 Å². The van der Waals surface area contributed by atoms with E-state index in [4.69, 9.17) is 4.74 Å². The van der Waals surface area contributed by atoms with Gasteiger partial charge in [-0.15, -0.1) is 0 Å². The fourth-order valence-electron chi connectivity index (χ4n) is 1.42. The van der Waals surface area contributed by atoms with Crippen LogP contribution in [0.25, 0.3) is 0 Å². The van der Waals surface area contributed by atoms with Crippen LogP contribution in [-0.4, -0.2) is 21.9 Å². The van der Waals surface area contributed by atoms with Crippen LogP contribution in [0.15, 0.2) is 18.2 Å². The number of anilines is 2. The first-order chi connectivity index (χ1) is 9.58. The number of aromatic nitrogens is 2. The highest BCUT2D eigenvalue weighted by Gasteiger charge is 2.11. The second-order valence-corrected chi connectivity index (χ2v) is 4.50. The number of nitrogens with one attached hydrogen (secondary N) is 1. The molecule has 1 N–H and O–H groups in total. The molecule has 0 saturated carbocycles. The Morgan fingerprint density at radius 2 is 2.20 bits per heavy atom. The normalized spacial score (nSPS) is 10.3. The summed E-state index contributed by atoms with van der Waals surface area (Å²) in [6.07, 6.45) is -0.0240. The van der Waals surface area contributed by atoms with E-state index in [1.54, 1.807) is 6.92 Å². The van der Waals surface area contributed by atoms with Crippen LogP contribution >= 0.6 is 11.5 Å². The summed E-state index contributed by atoms with van der Waals surface area (Å²) in [6, 6.07) is 3.41. The predicted octanol–water partition coefficient (Wildman–Crippen LogP) is 2.67. The number of ether oxygens (including phenoxy) is 1. The van der Waals surface area contributed by atoms with Gasteiger partial charge in [0.25, 0.3) is 0 Å². The lowest BCUT2D eigenvalue weighted by atomic mass is 10.3. The lowest BCUT2D eigenvalue weighted by Gasteiger charge is -2.02. The Balaban J connectivity index is 2.02. The third-order valence-corrected chi connectivity index (χ3v) is 2.92. The Hall–Kier alpha value is -2.09. The molecule has 106 valence electrons. The molecule has 8 heteroatoms. The molecule has 0 spiro atoms. The van der Waals surface area contributed by atoms with Gasteiger partial charge in [-0.1, -0.05) is 0 Å². The van der Waals surface area contributed by atoms with Crippen LogP contribution in [0.3, 0.4) is 0 Å². The number of rotatable bonds is 5. The maximum absolute atomic E-state index is 13.0. The molecule has 0 bridgehead atoms. The molecule has 0 fully saturated rings. The van der Waals surface area contributed by atoms with Crippen molar-refractivity contribution in [3.05, 3.63) is 35.7 Å².